The first-order valence-corrected chi connectivity index (χ1v) is 15.4. The van der Waals surface area contributed by atoms with Gasteiger partial charge >= 0.3 is 12.0 Å². The number of esters is 1. The Morgan fingerprint density at radius 2 is 1.74 bits per heavy atom. The van der Waals surface area contributed by atoms with Crippen LogP contribution >= 0.6 is 0 Å². The minimum Gasteiger partial charge on any atom is -0.469 e. The number of aliphatic hydroxyl groups excluding tert-OH is 1. The Hall–Kier alpha value is -3.10. The Morgan fingerprint density at radius 1 is 1.10 bits per heavy atom. The molecular formula is C31H46FN5O5. The van der Waals surface area contributed by atoms with E-state index in [1.165, 1.54) is 69.4 Å². The van der Waals surface area contributed by atoms with Crippen molar-refractivity contribution in [3.63, 3.8) is 0 Å². The van der Waals surface area contributed by atoms with Gasteiger partial charge in [-0.25, -0.2) is 4.98 Å². The third kappa shape index (κ3) is 9.46. The fourth-order valence-corrected chi connectivity index (χ4v) is 5.44. The molecule has 0 radical (unpaired) electrons. The smallest absolute Gasteiger partial charge is 0.312 e. The van der Waals surface area contributed by atoms with Crippen LogP contribution in [0.25, 0.3) is 11.2 Å². The van der Waals surface area contributed by atoms with E-state index in [-0.39, 0.29) is 41.7 Å². The van der Waals surface area contributed by atoms with Crippen molar-refractivity contribution in [1.82, 2.24) is 19.5 Å². The Kier molecular flexibility index (Phi) is 13.6. The summed E-state index contributed by atoms with van der Waals surface area (Å²) < 4.78 is 26.7. The zero-order valence-electron chi connectivity index (χ0n) is 25.1. The van der Waals surface area contributed by atoms with Gasteiger partial charge in [0.2, 0.25) is 5.91 Å². The molecule has 3 rings (SSSR count). The van der Waals surface area contributed by atoms with Crippen LogP contribution in [0.4, 0.5) is 10.2 Å². The second kappa shape index (κ2) is 17.1. The van der Waals surface area contributed by atoms with E-state index in [2.05, 4.69) is 37.8 Å². The molecule has 1 aliphatic rings. The van der Waals surface area contributed by atoms with E-state index in [1.54, 1.807) is 0 Å². The number of ether oxygens (including phenoxy) is 2. The average Bonchev–Trinajstić information content (AvgIpc) is 3.54. The van der Waals surface area contributed by atoms with Gasteiger partial charge in [-0.05, 0) is 25.7 Å². The molecule has 0 aromatic carbocycles. The molecule has 0 unspecified atom stereocenters. The first-order chi connectivity index (χ1) is 20.3. The Labute approximate surface area is 248 Å². The lowest BCUT2D eigenvalue weighted by atomic mass is 9.91. The number of aliphatic hydroxyl groups is 1. The number of nitrogens with one attached hydrogen (secondary N) is 1. The molecular weight excluding hydrogens is 541 g/mol. The highest BCUT2D eigenvalue weighted by Crippen LogP contribution is 2.41. The molecule has 10 nitrogen and oxygen atoms in total. The number of amides is 1. The highest BCUT2D eigenvalue weighted by molar-refractivity contribution is 5.96. The Bertz CT molecular complexity index is 1200. The van der Waals surface area contributed by atoms with E-state index in [9.17, 15) is 19.1 Å². The van der Waals surface area contributed by atoms with Gasteiger partial charge in [-0.1, -0.05) is 77.1 Å². The van der Waals surface area contributed by atoms with Crippen LogP contribution < -0.4 is 5.32 Å². The third-order valence-electron chi connectivity index (χ3n) is 7.93. The van der Waals surface area contributed by atoms with E-state index in [4.69, 9.17) is 11.2 Å². The standard InChI is InChI=1S/C31H46FN5O5/c1-4-6-7-8-9-10-11-12-13-14-15-18-24(39)34-28-27-29(36-30(32)35-28)37(22-33-27)25-21-23(38)31(5-2,42-25)20-17-16-19-26(40)41-3/h2,22-23,25,38H,4,6-21H2,1,3H3,(H,34,35,36,39)/t23-,25+,31-/m0/s1. The number of carbonyl (C=O) groups excluding carboxylic acids is 2. The SMILES string of the molecule is C#C[C@@]1(CCCCC(=O)OC)O[C@@H](n2cnc3c(NC(=O)CCCCCCCCCCCCC)nc(F)nc32)C[C@@H]1O. The van der Waals surface area contributed by atoms with Crippen LogP contribution in [0.2, 0.25) is 0 Å². The monoisotopic (exact) mass is 587 g/mol. The molecule has 42 heavy (non-hydrogen) atoms. The summed E-state index contributed by atoms with van der Waals surface area (Å²) in [4.78, 5) is 36.0. The summed E-state index contributed by atoms with van der Waals surface area (Å²) in [7, 11) is 1.33. The van der Waals surface area contributed by atoms with Crippen LogP contribution in [-0.2, 0) is 19.1 Å². The number of aromatic nitrogens is 4. The number of rotatable bonds is 19. The molecule has 0 bridgehead atoms. The number of carbonyl (C=O) groups is 2. The van der Waals surface area contributed by atoms with Gasteiger partial charge in [-0.2, -0.15) is 14.4 Å². The number of unbranched alkanes of at least 4 members (excludes halogenated alkanes) is 11. The molecule has 1 saturated heterocycles. The van der Waals surface area contributed by atoms with Gasteiger partial charge in [0.1, 0.15) is 6.23 Å². The van der Waals surface area contributed by atoms with Gasteiger partial charge in [0, 0.05) is 19.3 Å². The van der Waals surface area contributed by atoms with E-state index >= 15 is 0 Å². The zero-order valence-corrected chi connectivity index (χ0v) is 25.1. The summed E-state index contributed by atoms with van der Waals surface area (Å²) in [5, 5.41) is 13.5. The maximum atomic E-state index is 14.5. The van der Waals surface area contributed by atoms with Gasteiger partial charge in [0.25, 0.3) is 0 Å². The van der Waals surface area contributed by atoms with Crippen LogP contribution in [0.15, 0.2) is 6.33 Å². The lowest BCUT2D eigenvalue weighted by Crippen LogP contribution is -2.37. The quantitative estimate of drug-likeness (QED) is 0.0888. The van der Waals surface area contributed by atoms with Gasteiger partial charge < -0.3 is 19.9 Å². The van der Waals surface area contributed by atoms with Crippen molar-refractivity contribution in [3.8, 4) is 12.3 Å². The number of anilines is 1. The summed E-state index contributed by atoms with van der Waals surface area (Å²) in [6.07, 6.45) is 19.6. The lowest BCUT2D eigenvalue weighted by Gasteiger charge is -2.26. The Morgan fingerprint density at radius 3 is 2.38 bits per heavy atom. The molecule has 232 valence electrons. The fourth-order valence-electron chi connectivity index (χ4n) is 5.44. The number of hydrogen-bond acceptors (Lipinski definition) is 8. The average molecular weight is 588 g/mol. The maximum Gasteiger partial charge on any atom is 0.312 e. The third-order valence-corrected chi connectivity index (χ3v) is 7.93. The molecule has 11 heteroatoms. The second-order valence-corrected chi connectivity index (χ2v) is 11.1. The number of nitrogens with zero attached hydrogens (tertiary/aromatic N) is 4. The topological polar surface area (TPSA) is 128 Å². The van der Waals surface area contributed by atoms with Crippen molar-refractivity contribution in [2.24, 2.45) is 0 Å². The first-order valence-electron chi connectivity index (χ1n) is 15.4. The van der Waals surface area contributed by atoms with Crippen molar-refractivity contribution in [3.05, 3.63) is 12.4 Å². The zero-order chi connectivity index (χ0) is 30.4. The van der Waals surface area contributed by atoms with E-state index in [0.29, 0.717) is 25.7 Å². The minimum atomic E-state index is -1.27. The van der Waals surface area contributed by atoms with Gasteiger partial charge in [0.15, 0.2) is 22.6 Å². The molecule has 2 aromatic rings. The molecule has 0 aliphatic carbocycles. The number of terminal acetylenes is 1. The highest BCUT2D eigenvalue weighted by atomic mass is 19.1. The van der Waals surface area contributed by atoms with E-state index < -0.39 is 24.0 Å². The van der Waals surface area contributed by atoms with Gasteiger partial charge in [-0.15, -0.1) is 6.42 Å². The van der Waals surface area contributed by atoms with Crippen molar-refractivity contribution in [2.45, 2.75) is 134 Å². The number of methoxy groups -OCH3 is 1. The predicted molar refractivity (Wildman–Crippen MR) is 158 cm³/mol. The van der Waals surface area contributed by atoms with Gasteiger partial charge in [0.05, 0.1) is 19.5 Å². The summed E-state index contributed by atoms with van der Waals surface area (Å²) in [5.74, 6) is 2.00. The van der Waals surface area contributed by atoms with Crippen LogP contribution in [0.5, 0.6) is 0 Å². The molecule has 0 spiro atoms. The highest BCUT2D eigenvalue weighted by Gasteiger charge is 2.47. The first kappa shape index (κ1) is 33.4. The normalized spacial score (nSPS) is 20.1. The summed E-state index contributed by atoms with van der Waals surface area (Å²) >= 11 is 0. The molecule has 2 aromatic heterocycles. The second-order valence-electron chi connectivity index (χ2n) is 11.1. The number of hydrogen-bond donors (Lipinski definition) is 2. The van der Waals surface area contributed by atoms with Crippen LogP contribution in [0, 0.1) is 18.4 Å². The van der Waals surface area contributed by atoms with Crippen molar-refractivity contribution in [1.29, 1.82) is 0 Å². The number of halogens is 1. The lowest BCUT2D eigenvalue weighted by molar-refractivity contribution is -0.140. The molecule has 1 fully saturated rings. The molecule has 1 amide bonds. The number of imidazole rings is 1. The summed E-state index contributed by atoms with van der Waals surface area (Å²) in [5.41, 5.74) is -0.921. The largest absolute Gasteiger partial charge is 0.469 e. The van der Waals surface area contributed by atoms with Gasteiger partial charge in [-0.3, -0.25) is 14.2 Å². The Balaban J connectivity index is 1.51. The number of fused-ring (bicyclic) bond motifs is 1. The van der Waals surface area contributed by atoms with E-state index in [0.717, 1.165) is 19.3 Å². The molecule has 0 saturated carbocycles. The molecule has 1 aliphatic heterocycles. The molecule has 3 heterocycles. The van der Waals surface area contributed by atoms with Crippen LogP contribution in [0.1, 0.15) is 122 Å². The maximum absolute atomic E-state index is 14.5. The summed E-state index contributed by atoms with van der Waals surface area (Å²) in [6, 6.07) is 0. The van der Waals surface area contributed by atoms with Crippen LogP contribution in [-0.4, -0.2) is 55.3 Å². The van der Waals surface area contributed by atoms with Crippen molar-refractivity contribution >= 4 is 28.9 Å². The van der Waals surface area contributed by atoms with Crippen LogP contribution in [0.3, 0.4) is 0 Å². The molecule has 2 N–H and O–H groups in total. The minimum absolute atomic E-state index is 0.00566. The predicted octanol–water partition coefficient (Wildman–Crippen LogP) is 5.99. The van der Waals surface area contributed by atoms with E-state index in [1.807, 2.05) is 0 Å². The summed E-state index contributed by atoms with van der Waals surface area (Å²) in [6.45, 7) is 2.23. The van der Waals surface area contributed by atoms with Crippen molar-refractivity contribution in [2.75, 3.05) is 12.4 Å². The fraction of sp³-hybridized carbons (Fsp3) is 0.710. The molecule has 3 atom stereocenters. The van der Waals surface area contributed by atoms with Crippen molar-refractivity contribution < 1.29 is 28.6 Å².